The Morgan fingerprint density at radius 2 is 0.956 bits per heavy atom. The SMILES string of the molecule is [2H]c1c([2H])c([2H])c(-c2c([2H])c([2H])c3oc4c(-c5ccc(-c6c7ccccc7c(-c7ccccc7)c7ccccc67)cc5)c([2H])c([2H])c([2H])c4c3c2[2H])c([2H])c1[2H]. The molecule has 8 aromatic carbocycles. The Morgan fingerprint density at radius 3 is 1.60 bits per heavy atom. The van der Waals surface area contributed by atoms with Crippen LogP contribution in [0.1, 0.15) is 15.1 Å². The van der Waals surface area contributed by atoms with Gasteiger partial charge in [0, 0.05) is 16.3 Å². The number of hydrogen-bond acceptors (Lipinski definition) is 1. The van der Waals surface area contributed by atoms with E-state index in [9.17, 15) is 1.37 Å². The molecule has 0 aliphatic carbocycles. The van der Waals surface area contributed by atoms with Crippen LogP contribution in [0.2, 0.25) is 0 Å². The van der Waals surface area contributed by atoms with Crippen LogP contribution in [-0.4, -0.2) is 0 Å². The molecule has 210 valence electrons. The van der Waals surface area contributed by atoms with Crippen LogP contribution in [0.4, 0.5) is 0 Å². The second kappa shape index (κ2) is 10.4. The smallest absolute Gasteiger partial charge is 0.143 e. The highest BCUT2D eigenvalue weighted by molar-refractivity contribution is 6.21. The fraction of sp³-hybridized carbons (Fsp3) is 0. The first-order valence-corrected chi connectivity index (χ1v) is 14.5. The summed E-state index contributed by atoms with van der Waals surface area (Å²) in [6.45, 7) is 0. The fourth-order valence-electron chi connectivity index (χ4n) is 6.28. The van der Waals surface area contributed by atoms with Crippen LogP contribution in [0.25, 0.3) is 88.0 Å². The molecule has 0 saturated carbocycles. The van der Waals surface area contributed by atoms with Crippen LogP contribution in [-0.2, 0) is 0 Å². The van der Waals surface area contributed by atoms with Crippen molar-refractivity contribution in [1.82, 2.24) is 0 Å². The zero-order valence-corrected chi connectivity index (χ0v) is 23.7. The minimum Gasteiger partial charge on any atom is -0.455 e. The first-order valence-electron chi connectivity index (χ1n) is 20.0. The Labute approximate surface area is 277 Å². The largest absolute Gasteiger partial charge is 0.455 e. The summed E-state index contributed by atoms with van der Waals surface area (Å²) < 4.78 is 101. The van der Waals surface area contributed by atoms with E-state index in [4.69, 9.17) is 18.1 Å². The normalized spacial score (nSPS) is 15.0. The van der Waals surface area contributed by atoms with Gasteiger partial charge in [0.2, 0.25) is 0 Å². The van der Waals surface area contributed by atoms with Gasteiger partial charge in [-0.1, -0.05) is 158 Å². The maximum absolute atomic E-state index is 9.23. The van der Waals surface area contributed by atoms with Crippen LogP contribution >= 0.6 is 0 Å². The molecule has 45 heavy (non-hydrogen) atoms. The molecule has 0 unspecified atom stereocenters. The van der Waals surface area contributed by atoms with Crippen molar-refractivity contribution in [2.24, 2.45) is 0 Å². The van der Waals surface area contributed by atoms with Gasteiger partial charge in [-0.05, 0) is 72.6 Å². The molecule has 1 heterocycles. The van der Waals surface area contributed by atoms with E-state index in [1.807, 2.05) is 66.7 Å². The standard InChI is InChI=1S/C44H28O/c1-3-12-29(13-4-1)33-26-27-41-40(28-33)39-21-11-20-34(44(39)45-41)30-22-24-32(25-23-30)43-37-18-9-7-16-35(37)42(31-14-5-2-6-15-31)36-17-8-10-19-38(36)43/h1-28H/i1D,3D,4D,11D,12D,13D,20D,21D,26D,27D,28D. The van der Waals surface area contributed by atoms with Crippen molar-refractivity contribution in [3.05, 3.63) is 170 Å². The average Bonchev–Trinajstić information content (AvgIpc) is 3.62. The molecule has 1 aromatic heterocycles. The lowest BCUT2D eigenvalue weighted by atomic mass is 9.85. The van der Waals surface area contributed by atoms with Crippen molar-refractivity contribution >= 4 is 43.5 Å². The van der Waals surface area contributed by atoms with E-state index in [1.165, 1.54) is 0 Å². The Bertz CT molecular complexity index is 3050. The third-order valence-electron chi connectivity index (χ3n) is 8.27. The van der Waals surface area contributed by atoms with Gasteiger partial charge in [0.1, 0.15) is 11.2 Å². The van der Waals surface area contributed by atoms with Crippen LogP contribution in [0, 0.1) is 0 Å². The number of fused-ring (bicyclic) bond motifs is 5. The molecule has 1 nitrogen and oxygen atoms in total. The molecule has 9 aromatic rings. The Kier molecular flexibility index (Phi) is 3.87. The van der Waals surface area contributed by atoms with Crippen LogP contribution < -0.4 is 0 Å². The molecule has 0 amide bonds. The van der Waals surface area contributed by atoms with Crippen molar-refractivity contribution < 1.29 is 19.5 Å². The summed E-state index contributed by atoms with van der Waals surface area (Å²) in [5.74, 6) is 0. The summed E-state index contributed by atoms with van der Waals surface area (Å²) >= 11 is 0. The lowest BCUT2D eigenvalue weighted by molar-refractivity contribution is 0.670. The molecule has 0 fully saturated rings. The Morgan fingerprint density at radius 1 is 0.378 bits per heavy atom. The second-order valence-electron chi connectivity index (χ2n) is 10.8. The van der Waals surface area contributed by atoms with E-state index in [-0.39, 0.29) is 39.1 Å². The number of furan rings is 1. The lowest BCUT2D eigenvalue weighted by Gasteiger charge is -2.18. The number of rotatable bonds is 4. The summed E-state index contributed by atoms with van der Waals surface area (Å²) in [5.41, 5.74) is 3.74. The van der Waals surface area contributed by atoms with E-state index in [0.29, 0.717) is 5.56 Å². The van der Waals surface area contributed by atoms with Crippen LogP contribution in [0.5, 0.6) is 0 Å². The Hall–Kier alpha value is -5.92. The maximum atomic E-state index is 9.23. The number of hydrogen-bond donors (Lipinski definition) is 0. The lowest BCUT2D eigenvalue weighted by Crippen LogP contribution is -1.90. The minimum absolute atomic E-state index is 0.0264. The van der Waals surface area contributed by atoms with Crippen molar-refractivity contribution in [2.75, 3.05) is 0 Å². The van der Waals surface area contributed by atoms with E-state index in [0.717, 1.165) is 43.8 Å². The molecule has 0 spiro atoms. The summed E-state index contributed by atoms with van der Waals surface area (Å²) in [7, 11) is 0. The van der Waals surface area contributed by atoms with Gasteiger partial charge in [-0.15, -0.1) is 0 Å². The van der Waals surface area contributed by atoms with Gasteiger partial charge in [0.15, 0.2) is 0 Å². The minimum atomic E-state index is -0.657. The van der Waals surface area contributed by atoms with Crippen LogP contribution in [0.15, 0.2) is 174 Å². The molecule has 0 saturated heterocycles. The zero-order chi connectivity index (χ0) is 39.3. The highest BCUT2D eigenvalue weighted by atomic mass is 16.3. The van der Waals surface area contributed by atoms with Crippen molar-refractivity contribution in [3.63, 3.8) is 0 Å². The highest BCUT2D eigenvalue weighted by Crippen LogP contribution is 2.44. The Balaban J connectivity index is 1.28. The molecule has 0 radical (unpaired) electrons. The molecule has 0 aliphatic heterocycles. The topological polar surface area (TPSA) is 13.1 Å². The van der Waals surface area contributed by atoms with Crippen molar-refractivity contribution in [3.8, 4) is 44.5 Å². The molecular weight excluding hydrogens is 544 g/mol. The summed E-state index contributed by atoms with van der Waals surface area (Å²) in [6, 6.07) is 28.3. The quantitative estimate of drug-likeness (QED) is 0.188. The maximum Gasteiger partial charge on any atom is 0.143 e. The van der Waals surface area contributed by atoms with E-state index in [1.54, 1.807) is 0 Å². The summed E-state index contributed by atoms with van der Waals surface area (Å²) in [4.78, 5) is 0. The van der Waals surface area contributed by atoms with Crippen molar-refractivity contribution in [1.29, 1.82) is 0 Å². The van der Waals surface area contributed by atoms with E-state index >= 15 is 0 Å². The van der Waals surface area contributed by atoms with Gasteiger partial charge in [0.25, 0.3) is 0 Å². The predicted octanol–water partition coefficient (Wildman–Crippen LogP) is 12.6. The first kappa shape index (κ1) is 16.8. The second-order valence-corrected chi connectivity index (χ2v) is 10.8. The zero-order valence-electron chi connectivity index (χ0n) is 34.7. The van der Waals surface area contributed by atoms with Gasteiger partial charge in [-0.2, -0.15) is 0 Å². The van der Waals surface area contributed by atoms with E-state index in [2.05, 4.69) is 36.4 Å². The molecule has 0 bridgehead atoms. The third kappa shape index (κ3) is 4.17. The predicted molar refractivity (Wildman–Crippen MR) is 190 cm³/mol. The molecule has 0 N–H and O–H groups in total. The molecule has 1 heteroatoms. The fourth-order valence-corrected chi connectivity index (χ4v) is 6.28. The van der Waals surface area contributed by atoms with Gasteiger partial charge < -0.3 is 4.42 Å². The molecule has 0 aliphatic rings. The average molecular weight is 584 g/mol. The monoisotopic (exact) mass is 583 g/mol. The third-order valence-corrected chi connectivity index (χ3v) is 8.27. The van der Waals surface area contributed by atoms with Gasteiger partial charge in [-0.3, -0.25) is 0 Å². The number of para-hydroxylation sites is 1. The number of benzene rings is 8. The van der Waals surface area contributed by atoms with Crippen LogP contribution in [0.3, 0.4) is 0 Å². The summed E-state index contributed by atoms with van der Waals surface area (Å²) in [6.07, 6.45) is 0. The van der Waals surface area contributed by atoms with E-state index < -0.39 is 66.0 Å². The van der Waals surface area contributed by atoms with Gasteiger partial charge in [-0.25, -0.2) is 0 Å². The molecule has 0 atom stereocenters. The van der Waals surface area contributed by atoms with Gasteiger partial charge in [0.05, 0.1) is 15.1 Å². The highest BCUT2D eigenvalue weighted by Gasteiger charge is 2.17. The first-order chi connectivity index (χ1) is 26.9. The molecule has 9 rings (SSSR count). The molecular formula is C44H28O. The van der Waals surface area contributed by atoms with Gasteiger partial charge >= 0.3 is 0 Å². The van der Waals surface area contributed by atoms with Crippen molar-refractivity contribution in [2.45, 2.75) is 0 Å². The summed E-state index contributed by atoms with van der Waals surface area (Å²) in [5, 5.41) is 4.13.